The minimum absolute atomic E-state index is 0.0342. The molecule has 0 fully saturated rings. The van der Waals surface area contributed by atoms with Crippen LogP contribution in [0.3, 0.4) is 0 Å². The molecule has 0 heterocycles. The smallest absolute Gasteiger partial charge is 0.144 e. The van der Waals surface area contributed by atoms with E-state index in [9.17, 15) is 4.39 Å². The van der Waals surface area contributed by atoms with Crippen LogP contribution in [0, 0.1) is 5.82 Å². The Bertz CT molecular complexity index is 552. The summed E-state index contributed by atoms with van der Waals surface area (Å²) in [6.45, 7) is 0. The predicted octanol–water partition coefficient (Wildman–Crippen LogP) is 5.70. The summed E-state index contributed by atoms with van der Waals surface area (Å²) in [4.78, 5) is 0. The highest BCUT2D eigenvalue weighted by Gasteiger charge is 2.15. The van der Waals surface area contributed by atoms with Gasteiger partial charge in [0, 0.05) is 16.8 Å². The van der Waals surface area contributed by atoms with E-state index in [1.807, 2.05) is 24.3 Å². The van der Waals surface area contributed by atoms with Gasteiger partial charge in [-0.15, -0.1) is 11.6 Å². The highest BCUT2D eigenvalue weighted by molar-refractivity contribution is 6.31. The molecule has 0 saturated heterocycles. The molecule has 19 heavy (non-hydrogen) atoms. The first-order chi connectivity index (χ1) is 9.11. The van der Waals surface area contributed by atoms with Crippen molar-refractivity contribution in [1.82, 2.24) is 0 Å². The molecule has 2 aromatic carbocycles. The van der Waals surface area contributed by atoms with Gasteiger partial charge in [-0.2, -0.15) is 0 Å². The number of rotatable bonds is 4. The summed E-state index contributed by atoms with van der Waals surface area (Å²) in [7, 11) is 0. The molecule has 0 amide bonds. The van der Waals surface area contributed by atoms with Crippen LogP contribution in [-0.4, -0.2) is 5.88 Å². The second kappa shape index (κ2) is 6.60. The third-order valence-corrected chi connectivity index (χ3v) is 3.94. The van der Waals surface area contributed by atoms with Crippen LogP contribution >= 0.6 is 34.8 Å². The minimum Gasteiger partial charge on any atom is -0.205 e. The molecule has 0 N–H and O–H groups in total. The maximum absolute atomic E-state index is 13.9. The zero-order valence-corrected chi connectivity index (χ0v) is 12.3. The van der Waals surface area contributed by atoms with Crippen LogP contribution < -0.4 is 0 Å². The molecular formula is C15H12Cl3F. The van der Waals surface area contributed by atoms with E-state index in [-0.39, 0.29) is 16.8 Å². The van der Waals surface area contributed by atoms with Crippen LogP contribution in [0.2, 0.25) is 10.0 Å². The minimum atomic E-state index is -0.367. The molecule has 0 aliphatic heterocycles. The molecule has 0 aliphatic rings. The van der Waals surface area contributed by atoms with Gasteiger partial charge in [0.1, 0.15) is 5.82 Å². The molecule has 0 radical (unpaired) electrons. The molecular weight excluding hydrogens is 306 g/mol. The third kappa shape index (κ3) is 3.62. The van der Waals surface area contributed by atoms with Crippen molar-refractivity contribution in [3.8, 4) is 0 Å². The van der Waals surface area contributed by atoms with Crippen molar-refractivity contribution >= 4 is 34.8 Å². The Morgan fingerprint density at radius 1 is 1.00 bits per heavy atom. The van der Waals surface area contributed by atoms with Crippen molar-refractivity contribution in [3.05, 3.63) is 69.5 Å². The van der Waals surface area contributed by atoms with E-state index in [4.69, 9.17) is 34.8 Å². The first-order valence-corrected chi connectivity index (χ1v) is 7.15. The number of benzene rings is 2. The van der Waals surface area contributed by atoms with E-state index in [0.717, 1.165) is 5.56 Å². The lowest BCUT2D eigenvalue weighted by molar-refractivity contribution is 0.599. The Balaban J connectivity index is 2.24. The Hall–Kier alpha value is -0.760. The van der Waals surface area contributed by atoms with Gasteiger partial charge in [-0.25, -0.2) is 4.39 Å². The van der Waals surface area contributed by atoms with E-state index >= 15 is 0 Å². The third-order valence-electron chi connectivity index (χ3n) is 3.03. The average Bonchev–Trinajstić information content (AvgIpc) is 2.42. The van der Waals surface area contributed by atoms with Gasteiger partial charge in [0.15, 0.2) is 0 Å². The fourth-order valence-corrected chi connectivity index (χ4v) is 2.58. The Labute approximate surface area is 127 Å². The van der Waals surface area contributed by atoms with E-state index in [1.54, 1.807) is 18.2 Å². The normalized spacial score (nSPS) is 12.4. The van der Waals surface area contributed by atoms with Crippen molar-refractivity contribution in [2.45, 2.75) is 12.3 Å². The predicted molar refractivity (Wildman–Crippen MR) is 80.0 cm³/mol. The number of alkyl halides is 1. The zero-order chi connectivity index (χ0) is 13.8. The van der Waals surface area contributed by atoms with Gasteiger partial charge in [-0.05, 0) is 35.7 Å². The number of hydrogen-bond donors (Lipinski definition) is 0. The molecule has 0 aromatic heterocycles. The van der Waals surface area contributed by atoms with Crippen LogP contribution in [0.1, 0.15) is 17.0 Å². The lowest BCUT2D eigenvalue weighted by Gasteiger charge is -2.15. The molecule has 1 unspecified atom stereocenters. The summed E-state index contributed by atoms with van der Waals surface area (Å²) in [5, 5.41) is 0.813. The molecule has 0 bridgehead atoms. The van der Waals surface area contributed by atoms with Gasteiger partial charge in [0.2, 0.25) is 0 Å². The zero-order valence-electron chi connectivity index (χ0n) is 10.0. The highest BCUT2D eigenvalue weighted by atomic mass is 35.5. The molecule has 1 atom stereocenters. The van der Waals surface area contributed by atoms with Crippen molar-refractivity contribution < 1.29 is 4.39 Å². The lowest BCUT2D eigenvalue weighted by Crippen LogP contribution is -2.06. The van der Waals surface area contributed by atoms with Crippen molar-refractivity contribution in [2.75, 3.05) is 5.88 Å². The van der Waals surface area contributed by atoms with Gasteiger partial charge in [-0.3, -0.25) is 0 Å². The maximum atomic E-state index is 13.9. The quantitative estimate of drug-likeness (QED) is 0.635. The first-order valence-electron chi connectivity index (χ1n) is 5.86. The SMILES string of the molecule is Fc1c(Cl)cccc1CC(CCl)c1ccc(Cl)cc1. The largest absolute Gasteiger partial charge is 0.205 e. The average molecular weight is 318 g/mol. The van der Waals surface area contributed by atoms with Gasteiger partial charge < -0.3 is 0 Å². The monoisotopic (exact) mass is 316 g/mol. The van der Waals surface area contributed by atoms with Gasteiger partial charge in [0.05, 0.1) is 5.02 Å². The van der Waals surface area contributed by atoms with Gasteiger partial charge in [-0.1, -0.05) is 47.5 Å². The summed E-state index contributed by atoms with van der Waals surface area (Å²) < 4.78 is 13.9. The molecule has 4 heteroatoms. The molecule has 0 aliphatic carbocycles. The van der Waals surface area contributed by atoms with E-state index < -0.39 is 0 Å². The Morgan fingerprint density at radius 3 is 2.32 bits per heavy atom. The summed E-state index contributed by atoms with van der Waals surface area (Å²) in [6, 6.07) is 12.5. The lowest BCUT2D eigenvalue weighted by atomic mass is 9.93. The van der Waals surface area contributed by atoms with Crippen LogP contribution in [0.25, 0.3) is 0 Å². The maximum Gasteiger partial charge on any atom is 0.144 e. The second-order valence-corrected chi connectivity index (χ2v) is 5.47. The van der Waals surface area contributed by atoms with Crippen molar-refractivity contribution in [2.24, 2.45) is 0 Å². The van der Waals surface area contributed by atoms with Crippen molar-refractivity contribution in [3.63, 3.8) is 0 Å². The summed E-state index contributed by atoms with van der Waals surface area (Å²) in [5.74, 6) is 0.0771. The van der Waals surface area contributed by atoms with E-state index in [0.29, 0.717) is 22.9 Å². The van der Waals surface area contributed by atoms with Crippen LogP contribution in [-0.2, 0) is 6.42 Å². The molecule has 100 valence electrons. The summed E-state index contributed by atoms with van der Waals surface area (Å²) >= 11 is 17.6. The molecule has 0 saturated carbocycles. The number of hydrogen-bond acceptors (Lipinski definition) is 0. The number of halogens is 4. The van der Waals surface area contributed by atoms with Crippen molar-refractivity contribution in [1.29, 1.82) is 0 Å². The Morgan fingerprint density at radius 2 is 1.68 bits per heavy atom. The first kappa shape index (κ1) is 14.6. The second-order valence-electron chi connectivity index (χ2n) is 4.32. The fourth-order valence-electron chi connectivity index (χ4n) is 1.97. The molecule has 2 rings (SSSR count). The Kier molecular flexibility index (Phi) is 5.09. The molecule has 2 aromatic rings. The van der Waals surface area contributed by atoms with Crippen LogP contribution in [0.4, 0.5) is 4.39 Å². The topological polar surface area (TPSA) is 0 Å². The molecule has 0 spiro atoms. The van der Waals surface area contributed by atoms with Crippen LogP contribution in [0.5, 0.6) is 0 Å². The van der Waals surface area contributed by atoms with Crippen LogP contribution in [0.15, 0.2) is 42.5 Å². The standard InChI is InChI=1S/C15H12Cl3F/c16-9-12(10-4-6-13(17)7-5-10)8-11-2-1-3-14(18)15(11)19/h1-7,12H,8-9H2. The van der Waals surface area contributed by atoms with Gasteiger partial charge >= 0.3 is 0 Å². The highest BCUT2D eigenvalue weighted by Crippen LogP contribution is 2.27. The van der Waals surface area contributed by atoms with E-state index in [1.165, 1.54) is 0 Å². The van der Waals surface area contributed by atoms with Gasteiger partial charge in [0.25, 0.3) is 0 Å². The molecule has 0 nitrogen and oxygen atoms in total. The summed E-state index contributed by atoms with van der Waals surface area (Å²) in [6.07, 6.45) is 0.511. The fraction of sp³-hybridized carbons (Fsp3) is 0.200. The van der Waals surface area contributed by atoms with E-state index in [2.05, 4.69) is 0 Å². The summed E-state index contributed by atoms with van der Waals surface area (Å²) in [5.41, 5.74) is 1.62.